The van der Waals surface area contributed by atoms with Crippen molar-refractivity contribution in [2.75, 3.05) is 10.0 Å². The van der Waals surface area contributed by atoms with Gasteiger partial charge in [0.2, 0.25) is 5.88 Å². The van der Waals surface area contributed by atoms with Crippen LogP contribution in [0.1, 0.15) is 48.9 Å². The Morgan fingerprint density at radius 1 is 1.11 bits per heavy atom. The average molecular weight is 512 g/mol. The van der Waals surface area contributed by atoms with Gasteiger partial charge in [0.25, 0.3) is 10.0 Å². The van der Waals surface area contributed by atoms with E-state index in [-0.39, 0.29) is 16.2 Å². The summed E-state index contributed by atoms with van der Waals surface area (Å²) >= 11 is 1.76. The minimum atomic E-state index is -3.80. The van der Waals surface area contributed by atoms with Crippen LogP contribution < -0.4 is 10.0 Å². The van der Waals surface area contributed by atoms with E-state index in [1.807, 2.05) is 0 Å². The maximum absolute atomic E-state index is 12.8. The quantitative estimate of drug-likeness (QED) is 0.338. The lowest BCUT2D eigenvalue weighted by atomic mass is 9.72. The summed E-state index contributed by atoms with van der Waals surface area (Å²) < 4.78 is 33.1. The van der Waals surface area contributed by atoms with Crippen LogP contribution in [0.25, 0.3) is 10.2 Å². The molecule has 10 heteroatoms. The molecule has 0 saturated heterocycles. The molecular weight excluding hydrogens is 482 g/mol. The predicted molar refractivity (Wildman–Crippen MR) is 139 cm³/mol. The normalized spacial score (nSPS) is 16.3. The SMILES string of the molecule is Cc1noc(NS(=O)(=O)c2ccc(Nc3ncnc4sc5c(c34)CCC(C(C)(C)C)C5)cc2)c1C. The van der Waals surface area contributed by atoms with Crippen molar-refractivity contribution in [3.63, 3.8) is 0 Å². The van der Waals surface area contributed by atoms with Gasteiger partial charge in [-0.3, -0.25) is 0 Å². The first-order valence-corrected chi connectivity index (χ1v) is 13.9. The number of nitrogens with zero attached hydrogens (tertiary/aromatic N) is 3. The van der Waals surface area contributed by atoms with Gasteiger partial charge in [0.05, 0.1) is 16.0 Å². The predicted octanol–water partition coefficient (Wildman–Crippen LogP) is 5.99. The van der Waals surface area contributed by atoms with Crippen molar-refractivity contribution < 1.29 is 12.9 Å². The van der Waals surface area contributed by atoms with Gasteiger partial charge in [-0.1, -0.05) is 25.9 Å². The van der Waals surface area contributed by atoms with Crippen molar-refractivity contribution >= 4 is 49.0 Å². The second-order valence-corrected chi connectivity index (χ2v) is 13.0. The van der Waals surface area contributed by atoms with Crippen LogP contribution in [0.2, 0.25) is 0 Å². The first-order chi connectivity index (χ1) is 16.5. The van der Waals surface area contributed by atoms with Gasteiger partial charge >= 0.3 is 0 Å². The van der Waals surface area contributed by atoms with Crippen molar-refractivity contribution in [2.45, 2.75) is 58.8 Å². The highest BCUT2D eigenvalue weighted by Crippen LogP contribution is 2.44. The Morgan fingerprint density at radius 3 is 2.51 bits per heavy atom. The highest BCUT2D eigenvalue weighted by atomic mass is 32.2. The monoisotopic (exact) mass is 511 g/mol. The lowest BCUT2D eigenvalue weighted by molar-refractivity contribution is 0.218. The van der Waals surface area contributed by atoms with Gasteiger partial charge in [-0.15, -0.1) is 11.3 Å². The molecule has 1 atom stereocenters. The molecule has 3 aromatic heterocycles. The zero-order chi connectivity index (χ0) is 25.0. The van der Waals surface area contributed by atoms with E-state index in [0.717, 1.165) is 41.0 Å². The highest BCUT2D eigenvalue weighted by molar-refractivity contribution is 7.92. The van der Waals surface area contributed by atoms with Crippen molar-refractivity contribution in [1.29, 1.82) is 0 Å². The molecule has 1 aliphatic rings. The summed E-state index contributed by atoms with van der Waals surface area (Å²) in [6.45, 7) is 10.5. The number of rotatable bonds is 5. The third kappa shape index (κ3) is 4.52. The molecule has 0 saturated carbocycles. The Balaban J connectivity index is 1.39. The third-order valence-electron chi connectivity index (χ3n) is 6.88. The fourth-order valence-corrected chi connectivity index (χ4v) is 6.80. The Morgan fingerprint density at radius 2 is 1.86 bits per heavy atom. The molecular formula is C25H29N5O3S2. The summed E-state index contributed by atoms with van der Waals surface area (Å²) in [5.41, 5.74) is 3.67. The summed E-state index contributed by atoms with van der Waals surface area (Å²) in [5, 5.41) is 8.25. The topological polar surface area (TPSA) is 110 Å². The molecule has 3 heterocycles. The van der Waals surface area contributed by atoms with Gasteiger partial charge in [0, 0.05) is 16.1 Å². The minimum absolute atomic E-state index is 0.129. The van der Waals surface area contributed by atoms with Crippen LogP contribution in [0.15, 0.2) is 40.0 Å². The molecule has 5 rings (SSSR count). The summed E-state index contributed by atoms with van der Waals surface area (Å²) in [5.74, 6) is 1.53. The Kier molecular flexibility index (Phi) is 5.83. The van der Waals surface area contributed by atoms with Gasteiger partial charge < -0.3 is 9.84 Å². The van der Waals surface area contributed by atoms with Crippen molar-refractivity contribution in [1.82, 2.24) is 15.1 Å². The molecule has 184 valence electrons. The van der Waals surface area contributed by atoms with Crippen LogP contribution in [0, 0.1) is 25.2 Å². The first kappa shape index (κ1) is 23.7. The summed E-state index contributed by atoms with van der Waals surface area (Å²) in [6, 6.07) is 6.57. The van der Waals surface area contributed by atoms with Gasteiger partial charge in [-0.05, 0) is 74.3 Å². The number of anilines is 3. The number of thiophene rings is 1. The first-order valence-electron chi connectivity index (χ1n) is 11.6. The highest BCUT2D eigenvalue weighted by Gasteiger charge is 2.31. The Labute approximate surface area is 209 Å². The summed E-state index contributed by atoms with van der Waals surface area (Å²) in [6.07, 6.45) is 4.82. The maximum Gasteiger partial charge on any atom is 0.264 e. The lowest BCUT2D eigenvalue weighted by Gasteiger charge is -2.33. The van der Waals surface area contributed by atoms with Gasteiger partial charge in [-0.25, -0.2) is 23.1 Å². The molecule has 0 amide bonds. The Hall–Kier alpha value is -2.98. The summed E-state index contributed by atoms with van der Waals surface area (Å²) in [4.78, 5) is 11.6. The van der Waals surface area contributed by atoms with Crippen LogP contribution >= 0.6 is 11.3 Å². The number of nitrogens with one attached hydrogen (secondary N) is 2. The minimum Gasteiger partial charge on any atom is -0.340 e. The molecule has 4 aromatic rings. The molecule has 1 unspecified atom stereocenters. The van der Waals surface area contributed by atoms with E-state index in [1.165, 1.54) is 10.4 Å². The maximum atomic E-state index is 12.8. The zero-order valence-electron chi connectivity index (χ0n) is 20.5. The molecule has 1 aliphatic carbocycles. The zero-order valence-corrected chi connectivity index (χ0v) is 22.1. The number of aryl methyl sites for hydroxylation is 2. The van der Waals surface area contributed by atoms with Crippen molar-refractivity contribution in [3.8, 4) is 0 Å². The molecule has 0 aliphatic heterocycles. The number of hydrogen-bond donors (Lipinski definition) is 2. The number of benzene rings is 1. The molecule has 8 nitrogen and oxygen atoms in total. The molecule has 0 spiro atoms. The largest absolute Gasteiger partial charge is 0.340 e. The average Bonchev–Trinajstić information content (AvgIpc) is 3.33. The van der Waals surface area contributed by atoms with E-state index in [0.29, 0.717) is 17.2 Å². The second kappa shape index (κ2) is 8.60. The fourth-order valence-electron chi connectivity index (χ4n) is 4.49. The molecule has 1 aromatic carbocycles. The van der Waals surface area contributed by atoms with E-state index < -0.39 is 10.0 Å². The fraction of sp³-hybridized carbons (Fsp3) is 0.400. The molecule has 0 fully saturated rings. The van der Waals surface area contributed by atoms with E-state index in [1.54, 1.807) is 55.8 Å². The van der Waals surface area contributed by atoms with Crippen LogP contribution in [-0.4, -0.2) is 23.5 Å². The molecule has 0 bridgehead atoms. The van der Waals surface area contributed by atoms with Crippen LogP contribution in [0.3, 0.4) is 0 Å². The van der Waals surface area contributed by atoms with Gasteiger partial charge in [-0.2, -0.15) is 0 Å². The van der Waals surface area contributed by atoms with Crippen molar-refractivity contribution in [3.05, 3.63) is 52.3 Å². The number of hydrogen-bond acceptors (Lipinski definition) is 8. The number of sulfonamides is 1. The lowest BCUT2D eigenvalue weighted by Crippen LogP contribution is -2.26. The van der Waals surface area contributed by atoms with Crippen molar-refractivity contribution in [2.24, 2.45) is 11.3 Å². The van der Waals surface area contributed by atoms with E-state index in [9.17, 15) is 8.42 Å². The Bertz CT molecular complexity index is 1500. The van der Waals surface area contributed by atoms with Crippen LogP contribution in [0.5, 0.6) is 0 Å². The van der Waals surface area contributed by atoms with Gasteiger partial charge in [0.1, 0.15) is 17.0 Å². The second-order valence-electron chi connectivity index (χ2n) is 10.2. The standard InChI is InChI=1S/C25H29N5O3S2/c1-14-15(2)29-33-23(14)30-35(31,32)18-9-7-17(8-10-18)28-22-21-19-11-6-16(25(3,4)5)12-20(19)34-24(21)27-13-26-22/h7-10,13,16,30H,6,11-12H2,1-5H3,(H,26,27,28). The molecule has 35 heavy (non-hydrogen) atoms. The van der Waals surface area contributed by atoms with E-state index in [4.69, 9.17) is 4.52 Å². The van der Waals surface area contributed by atoms with E-state index >= 15 is 0 Å². The van der Waals surface area contributed by atoms with Crippen LogP contribution in [-0.2, 0) is 22.9 Å². The third-order valence-corrected chi connectivity index (χ3v) is 9.39. The number of aromatic nitrogens is 3. The molecule has 0 radical (unpaired) electrons. The number of fused-ring (bicyclic) bond motifs is 3. The summed E-state index contributed by atoms with van der Waals surface area (Å²) in [7, 11) is -3.80. The van der Waals surface area contributed by atoms with E-state index in [2.05, 4.69) is 45.9 Å². The van der Waals surface area contributed by atoms with Crippen LogP contribution in [0.4, 0.5) is 17.4 Å². The van der Waals surface area contributed by atoms with Gasteiger partial charge in [0.15, 0.2) is 0 Å². The smallest absolute Gasteiger partial charge is 0.264 e. The molecule has 2 N–H and O–H groups in total.